The molecule has 0 atom stereocenters. The van der Waals surface area contributed by atoms with Crippen LogP contribution in [0, 0.1) is 11.7 Å². The minimum absolute atomic E-state index is 0.238. The van der Waals surface area contributed by atoms with Gasteiger partial charge >= 0.3 is 0 Å². The van der Waals surface area contributed by atoms with Gasteiger partial charge in [-0.05, 0) is 52.4 Å². The van der Waals surface area contributed by atoms with Crippen LogP contribution in [-0.2, 0) is 6.42 Å². The highest BCUT2D eigenvalue weighted by Crippen LogP contribution is 2.24. The smallest absolute Gasteiger partial charge is 0.137 e. The topological polar surface area (TPSA) is 26.0 Å². The van der Waals surface area contributed by atoms with E-state index in [1.165, 1.54) is 6.07 Å². The number of hydrogen-bond acceptors (Lipinski definition) is 1. The normalized spacial score (nSPS) is 10.9. The van der Waals surface area contributed by atoms with Gasteiger partial charge in [-0.2, -0.15) is 0 Å². The second kappa shape index (κ2) is 4.78. The van der Waals surface area contributed by atoms with E-state index in [-0.39, 0.29) is 5.82 Å². The van der Waals surface area contributed by atoms with Gasteiger partial charge in [0.05, 0.1) is 4.47 Å². The van der Waals surface area contributed by atoms with Crippen molar-refractivity contribution in [1.29, 1.82) is 0 Å². The van der Waals surface area contributed by atoms with Crippen molar-refractivity contribution in [2.24, 2.45) is 5.92 Å². The van der Waals surface area contributed by atoms with Gasteiger partial charge in [0.1, 0.15) is 5.82 Å². The first-order chi connectivity index (χ1) is 6.50. The summed E-state index contributed by atoms with van der Waals surface area (Å²) >= 11 is 3.11. The zero-order chi connectivity index (χ0) is 10.7. The molecule has 0 aliphatic heterocycles. The molecule has 0 amide bonds. The third-order valence-corrected chi connectivity index (χ3v) is 2.78. The molecule has 0 fully saturated rings. The van der Waals surface area contributed by atoms with Gasteiger partial charge in [0.15, 0.2) is 0 Å². The highest BCUT2D eigenvalue weighted by molar-refractivity contribution is 9.10. The number of anilines is 1. The predicted molar refractivity (Wildman–Crippen MR) is 61.7 cm³/mol. The largest absolute Gasteiger partial charge is 0.398 e. The Bertz CT molecular complexity index is 323. The van der Waals surface area contributed by atoms with E-state index in [2.05, 4.69) is 29.8 Å². The predicted octanol–water partition coefficient (Wildman–Crippen LogP) is 3.76. The van der Waals surface area contributed by atoms with Crippen molar-refractivity contribution in [3.8, 4) is 0 Å². The SMILES string of the molecule is CC(C)CCc1cc(F)c(Br)cc1N. The molecule has 1 rings (SSSR count). The number of halogens is 2. The van der Waals surface area contributed by atoms with Gasteiger partial charge in [-0.25, -0.2) is 4.39 Å². The van der Waals surface area contributed by atoms with Crippen LogP contribution in [0.3, 0.4) is 0 Å². The summed E-state index contributed by atoms with van der Waals surface area (Å²) in [6.45, 7) is 4.29. The number of nitrogen functional groups attached to an aromatic ring is 1. The Hall–Kier alpha value is -0.570. The van der Waals surface area contributed by atoms with Crippen molar-refractivity contribution in [3.63, 3.8) is 0 Å². The molecule has 1 aromatic carbocycles. The molecule has 0 bridgehead atoms. The van der Waals surface area contributed by atoms with Crippen LogP contribution in [0.2, 0.25) is 0 Å². The molecule has 0 aliphatic carbocycles. The van der Waals surface area contributed by atoms with Crippen LogP contribution < -0.4 is 5.73 Å². The van der Waals surface area contributed by atoms with Crippen molar-refractivity contribution in [1.82, 2.24) is 0 Å². The van der Waals surface area contributed by atoms with E-state index < -0.39 is 0 Å². The van der Waals surface area contributed by atoms with Crippen LogP contribution in [0.15, 0.2) is 16.6 Å². The molecule has 0 spiro atoms. The van der Waals surface area contributed by atoms with Gasteiger partial charge in [0.2, 0.25) is 0 Å². The third-order valence-electron chi connectivity index (χ3n) is 2.17. The standard InChI is InChI=1S/C11H15BrFN/c1-7(2)3-4-8-5-10(13)9(12)6-11(8)14/h5-7H,3-4,14H2,1-2H3. The Morgan fingerprint density at radius 3 is 2.64 bits per heavy atom. The summed E-state index contributed by atoms with van der Waals surface area (Å²) in [4.78, 5) is 0. The van der Waals surface area contributed by atoms with Crippen LogP contribution in [0.5, 0.6) is 0 Å². The minimum Gasteiger partial charge on any atom is -0.398 e. The van der Waals surface area contributed by atoms with E-state index in [0.29, 0.717) is 16.1 Å². The molecule has 1 aromatic rings. The summed E-state index contributed by atoms with van der Waals surface area (Å²) < 4.78 is 13.6. The molecule has 14 heavy (non-hydrogen) atoms. The van der Waals surface area contributed by atoms with Crippen LogP contribution in [0.25, 0.3) is 0 Å². The summed E-state index contributed by atoms with van der Waals surface area (Å²) in [7, 11) is 0. The molecule has 0 aliphatic rings. The fraction of sp³-hybridized carbons (Fsp3) is 0.455. The number of rotatable bonds is 3. The van der Waals surface area contributed by atoms with Crippen LogP contribution in [-0.4, -0.2) is 0 Å². The molecular formula is C11H15BrFN. The first kappa shape index (κ1) is 11.5. The van der Waals surface area contributed by atoms with E-state index in [1.54, 1.807) is 6.07 Å². The first-order valence-electron chi connectivity index (χ1n) is 4.74. The molecule has 0 heterocycles. The fourth-order valence-corrected chi connectivity index (χ4v) is 1.63. The Balaban J connectivity index is 2.82. The molecule has 3 heteroatoms. The Morgan fingerprint density at radius 1 is 1.43 bits per heavy atom. The monoisotopic (exact) mass is 259 g/mol. The van der Waals surface area contributed by atoms with Gasteiger partial charge in [0, 0.05) is 5.69 Å². The average molecular weight is 260 g/mol. The summed E-state index contributed by atoms with van der Waals surface area (Å²) in [5.41, 5.74) is 7.35. The van der Waals surface area contributed by atoms with Gasteiger partial charge < -0.3 is 5.73 Å². The van der Waals surface area contributed by atoms with E-state index >= 15 is 0 Å². The number of aryl methyl sites for hydroxylation is 1. The van der Waals surface area contributed by atoms with E-state index in [1.807, 2.05) is 0 Å². The van der Waals surface area contributed by atoms with Gasteiger partial charge in [-0.15, -0.1) is 0 Å². The van der Waals surface area contributed by atoms with E-state index in [0.717, 1.165) is 18.4 Å². The van der Waals surface area contributed by atoms with Crippen LogP contribution >= 0.6 is 15.9 Å². The van der Waals surface area contributed by atoms with E-state index in [9.17, 15) is 4.39 Å². The molecule has 2 N–H and O–H groups in total. The molecule has 78 valence electrons. The molecule has 0 radical (unpaired) electrons. The van der Waals surface area contributed by atoms with Gasteiger partial charge in [0.25, 0.3) is 0 Å². The highest BCUT2D eigenvalue weighted by Gasteiger charge is 2.06. The molecule has 0 saturated carbocycles. The second-order valence-corrected chi connectivity index (χ2v) is 4.75. The third kappa shape index (κ3) is 2.98. The maximum absolute atomic E-state index is 13.2. The molecular weight excluding hydrogens is 245 g/mol. The Kier molecular flexibility index (Phi) is 3.93. The zero-order valence-corrected chi connectivity index (χ0v) is 10.1. The van der Waals surface area contributed by atoms with Crippen molar-refractivity contribution in [3.05, 3.63) is 28.0 Å². The summed E-state index contributed by atoms with van der Waals surface area (Å²) in [5, 5.41) is 0. The quantitative estimate of drug-likeness (QED) is 0.823. The van der Waals surface area contributed by atoms with Crippen LogP contribution in [0.1, 0.15) is 25.8 Å². The summed E-state index contributed by atoms with van der Waals surface area (Å²) in [6.07, 6.45) is 1.87. The fourth-order valence-electron chi connectivity index (χ4n) is 1.26. The van der Waals surface area contributed by atoms with Crippen molar-refractivity contribution in [2.45, 2.75) is 26.7 Å². The minimum atomic E-state index is -0.238. The lowest BCUT2D eigenvalue weighted by Crippen LogP contribution is -1.99. The number of benzene rings is 1. The van der Waals surface area contributed by atoms with Crippen molar-refractivity contribution in [2.75, 3.05) is 5.73 Å². The van der Waals surface area contributed by atoms with Crippen LogP contribution in [0.4, 0.5) is 10.1 Å². The van der Waals surface area contributed by atoms with Crippen molar-refractivity contribution >= 4 is 21.6 Å². The second-order valence-electron chi connectivity index (χ2n) is 3.90. The van der Waals surface area contributed by atoms with Gasteiger partial charge in [-0.1, -0.05) is 13.8 Å². The number of nitrogens with two attached hydrogens (primary N) is 1. The first-order valence-corrected chi connectivity index (χ1v) is 5.53. The van der Waals surface area contributed by atoms with E-state index in [4.69, 9.17) is 5.73 Å². The summed E-state index contributed by atoms with van der Waals surface area (Å²) in [6, 6.07) is 3.15. The molecule has 0 saturated heterocycles. The maximum Gasteiger partial charge on any atom is 0.137 e. The van der Waals surface area contributed by atoms with Crippen molar-refractivity contribution < 1.29 is 4.39 Å². The average Bonchev–Trinajstić information content (AvgIpc) is 2.09. The lowest BCUT2D eigenvalue weighted by Gasteiger charge is -2.08. The lowest BCUT2D eigenvalue weighted by molar-refractivity contribution is 0.581. The molecule has 1 nitrogen and oxygen atoms in total. The zero-order valence-electron chi connectivity index (χ0n) is 8.48. The Labute approximate surface area is 92.6 Å². The molecule has 0 aromatic heterocycles. The lowest BCUT2D eigenvalue weighted by atomic mass is 10.0. The molecule has 0 unspecified atom stereocenters. The highest BCUT2D eigenvalue weighted by atomic mass is 79.9. The number of hydrogen-bond donors (Lipinski definition) is 1. The summed E-state index contributed by atoms with van der Waals surface area (Å²) in [5.74, 6) is 0.374. The maximum atomic E-state index is 13.2. The Morgan fingerprint density at radius 2 is 2.07 bits per heavy atom. The van der Waals surface area contributed by atoms with Gasteiger partial charge in [-0.3, -0.25) is 0 Å².